The fraction of sp³-hybridized carbons (Fsp3) is 0.278. The quantitative estimate of drug-likeness (QED) is 0.762. The van der Waals surface area contributed by atoms with Gasteiger partial charge in [-0.1, -0.05) is 12.1 Å². The molecule has 1 aliphatic heterocycles. The maximum absolute atomic E-state index is 14.2. The lowest BCUT2D eigenvalue weighted by Gasteiger charge is -2.33. The van der Waals surface area contributed by atoms with Crippen molar-refractivity contribution in [2.45, 2.75) is 32.6 Å². The number of rotatable bonds is 4. The van der Waals surface area contributed by atoms with Gasteiger partial charge in [-0.05, 0) is 36.1 Å². The number of fused-ring (bicyclic) bond motifs is 1. The van der Waals surface area contributed by atoms with E-state index in [0.29, 0.717) is 31.0 Å². The number of aliphatic carboxylic acids is 1. The highest BCUT2D eigenvalue weighted by Gasteiger charge is 2.33. The molecular weight excluding hydrogens is 355 g/mol. The summed E-state index contributed by atoms with van der Waals surface area (Å²) in [7, 11) is 0. The van der Waals surface area contributed by atoms with Crippen molar-refractivity contribution in [3.8, 4) is 10.4 Å². The van der Waals surface area contributed by atoms with Gasteiger partial charge in [-0.15, -0.1) is 21.5 Å². The summed E-state index contributed by atoms with van der Waals surface area (Å²) in [5.74, 6) is 0.303. The van der Waals surface area contributed by atoms with Gasteiger partial charge in [0.15, 0.2) is 0 Å². The van der Waals surface area contributed by atoms with Crippen LogP contribution in [-0.4, -0.2) is 36.8 Å². The van der Waals surface area contributed by atoms with Gasteiger partial charge in [0.25, 0.3) is 0 Å². The van der Waals surface area contributed by atoms with Crippen molar-refractivity contribution in [2.24, 2.45) is 0 Å². The van der Waals surface area contributed by atoms with Crippen LogP contribution in [0.5, 0.6) is 0 Å². The van der Waals surface area contributed by atoms with Gasteiger partial charge in [0.1, 0.15) is 23.5 Å². The molecule has 8 heteroatoms. The number of carboxylic acids is 1. The normalized spacial score (nSPS) is 17.2. The molecular formula is C18H17FN4O2S. The standard InChI is InChI=1S/C18H17FN4O2S/c1-11-20-21-17-10-22(15(18(24)25)9-23(11)17)8-12-4-5-14(19)13(7-12)16-3-2-6-26-16/h2-7,15H,8-10H2,1H3,(H,24,25). The third-order valence-corrected chi connectivity index (χ3v) is 5.54. The summed E-state index contributed by atoms with van der Waals surface area (Å²) in [4.78, 5) is 14.5. The maximum Gasteiger partial charge on any atom is 0.322 e. The van der Waals surface area contributed by atoms with E-state index in [-0.39, 0.29) is 5.82 Å². The molecule has 2 aromatic heterocycles. The SMILES string of the molecule is Cc1nnc2n1CC(C(=O)O)N(Cc1ccc(F)c(-c3cccs3)c1)C2. The molecule has 26 heavy (non-hydrogen) atoms. The first-order valence-electron chi connectivity index (χ1n) is 8.21. The van der Waals surface area contributed by atoms with Gasteiger partial charge in [0, 0.05) is 17.0 Å². The molecule has 134 valence electrons. The van der Waals surface area contributed by atoms with Gasteiger partial charge in [-0.2, -0.15) is 0 Å². The van der Waals surface area contributed by atoms with Crippen molar-refractivity contribution in [3.63, 3.8) is 0 Å². The first-order valence-corrected chi connectivity index (χ1v) is 9.08. The highest BCUT2D eigenvalue weighted by Crippen LogP contribution is 2.29. The molecule has 3 aromatic rings. The van der Waals surface area contributed by atoms with Crippen LogP contribution in [0.25, 0.3) is 10.4 Å². The van der Waals surface area contributed by atoms with Gasteiger partial charge in [0.2, 0.25) is 0 Å². The summed E-state index contributed by atoms with van der Waals surface area (Å²) in [6.45, 7) is 2.92. The fourth-order valence-electron chi connectivity index (χ4n) is 3.29. The van der Waals surface area contributed by atoms with Crippen molar-refractivity contribution in [3.05, 3.63) is 58.7 Å². The van der Waals surface area contributed by atoms with E-state index in [1.54, 1.807) is 12.1 Å². The molecule has 0 amide bonds. The average Bonchev–Trinajstić information content (AvgIpc) is 3.26. The second-order valence-corrected chi connectivity index (χ2v) is 7.27. The number of hydrogen-bond donors (Lipinski definition) is 1. The summed E-state index contributed by atoms with van der Waals surface area (Å²) >= 11 is 1.47. The number of nitrogens with zero attached hydrogens (tertiary/aromatic N) is 4. The molecule has 0 bridgehead atoms. The number of aromatic nitrogens is 3. The van der Waals surface area contributed by atoms with Crippen LogP contribution >= 0.6 is 11.3 Å². The smallest absolute Gasteiger partial charge is 0.322 e. The predicted molar refractivity (Wildman–Crippen MR) is 95.1 cm³/mol. The van der Waals surface area contributed by atoms with Crippen LogP contribution in [0.2, 0.25) is 0 Å². The Labute approximate surface area is 153 Å². The van der Waals surface area contributed by atoms with Crippen LogP contribution in [0.1, 0.15) is 17.2 Å². The second-order valence-electron chi connectivity index (χ2n) is 6.32. The Kier molecular flexibility index (Phi) is 4.29. The highest BCUT2D eigenvalue weighted by molar-refractivity contribution is 7.13. The van der Waals surface area contributed by atoms with Gasteiger partial charge >= 0.3 is 5.97 Å². The van der Waals surface area contributed by atoms with Gasteiger partial charge in [-0.25, -0.2) is 4.39 Å². The third-order valence-electron chi connectivity index (χ3n) is 4.64. The topological polar surface area (TPSA) is 71.2 Å². The van der Waals surface area contributed by atoms with E-state index in [9.17, 15) is 14.3 Å². The van der Waals surface area contributed by atoms with Gasteiger partial charge in [0.05, 0.1) is 13.1 Å². The Morgan fingerprint density at radius 2 is 2.23 bits per heavy atom. The molecule has 0 saturated carbocycles. The number of benzene rings is 1. The van der Waals surface area contributed by atoms with E-state index >= 15 is 0 Å². The maximum atomic E-state index is 14.2. The van der Waals surface area contributed by atoms with E-state index in [2.05, 4.69) is 10.2 Å². The van der Waals surface area contributed by atoms with Gasteiger partial charge in [-0.3, -0.25) is 9.69 Å². The predicted octanol–water partition coefficient (Wildman–Crippen LogP) is 2.92. The number of carboxylic acid groups (broad SMARTS) is 1. The van der Waals surface area contributed by atoms with Crippen LogP contribution in [0.4, 0.5) is 4.39 Å². The van der Waals surface area contributed by atoms with E-state index in [1.165, 1.54) is 17.4 Å². The lowest BCUT2D eigenvalue weighted by Crippen LogP contribution is -2.47. The fourth-order valence-corrected chi connectivity index (χ4v) is 4.03. The molecule has 1 N–H and O–H groups in total. The number of hydrogen-bond acceptors (Lipinski definition) is 5. The molecule has 0 aliphatic carbocycles. The van der Waals surface area contributed by atoms with E-state index < -0.39 is 12.0 Å². The van der Waals surface area contributed by atoms with Crippen molar-refractivity contribution < 1.29 is 14.3 Å². The molecule has 3 heterocycles. The summed E-state index contributed by atoms with van der Waals surface area (Å²) in [5, 5.41) is 19.7. The Balaban J connectivity index is 1.64. The van der Waals surface area contributed by atoms with Crippen LogP contribution in [0.15, 0.2) is 35.7 Å². The number of halogens is 1. The molecule has 1 aliphatic rings. The highest BCUT2D eigenvalue weighted by atomic mass is 32.1. The Morgan fingerprint density at radius 1 is 1.38 bits per heavy atom. The van der Waals surface area contributed by atoms with Crippen molar-refractivity contribution in [2.75, 3.05) is 0 Å². The number of thiophene rings is 1. The van der Waals surface area contributed by atoms with E-state index in [1.807, 2.05) is 33.9 Å². The molecule has 0 radical (unpaired) electrons. The molecule has 0 spiro atoms. The molecule has 1 atom stereocenters. The number of carbonyl (C=O) groups is 1. The minimum absolute atomic E-state index is 0.278. The molecule has 1 aromatic carbocycles. The first kappa shape index (κ1) is 16.9. The molecule has 4 rings (SSSR count). The third kappa shape index (κ3) is 3.02. The van der Waals surface area contributed by atoms with Crippen molar-refractivity contribution >= 4 is 17.3 Å². The van der Waals surface area contributed by atoms with Crippen LogP contribution in [0, 0.1) is 12.7 Å². The Hall–Kier alpha value is -2.58. The lowest BCUT2D eigenvalue weighted by atomic mass is 10.1. The van der Waals surface area contributed by atoms with E-state index in [4.69, 9.17) is 0 Å². The lowest BCUT2D eigenvalue weighted by molar-refractivity contribution is -0.145. The summed E-state index contributed by atoms with van der Waals surface area (Å²) < 4.78 is 16.0. The average molecular weight is 372 g/mol. The zero-order chi connectivity index (χ0) is 18.3. The Bertz CT molecular complexity index is 954. The van der Waals surface area contributed by atoms with Crippen LogP contribution < -0.4 is 0 Å². The molecule has 6 nitrogen and oxygen atoms in total. The van der Waals surface area contributed by atoms with Crippen LogP contribution in [-0.2, 0) is 24.4 Å². The van der Waals surface area contributed by atoms with Crippen molar-refractivity contribution in [1.82, 2.24) is 19.7 Å². The van der Waals surface area contributed by atoms with Gasteiger partial charge < -0.3 is 9.67 Å². The largest absolute Gasteiger partial charge is 0.480 e. The summed E-state index contributed by atoms with van der Waals surface area (Å²) in [5.41, 5.74) is 1.41. The number of aryl methyl sites for hydroxylation is 1. The Morgan fingerprint density at radius 3 is 2.96 bits per heavy atom. The minimum Gasteiger partial charge on any atom is -0.480 e. The zero-order valence-electron chi connectivity index (χ0n) is 14.1. The second kappa shape index (κ2) is 6.62. The van der Waals surface area contributed by atoms with Crippen LogP contribution in [0.3, 0.4) is 0 Å². The van der Waals surface area contributed by atoms with E-state index in [0.717, 1.165) is 16.3 Å². The summed E-state index contributed by atoms with van der Waals surface area (Å²) in [6, 6.07) is 8.02. The zero-order valence-corrected chi connectivity index (χ0v) is 14.9. The molecule has 0 fully saturated rings. The molecule has 1 unspecified atom stereocenters. The summed E-state index contributed by atoms with van der Waals surface area (Å²) in [6.07, 6.45) is 0. The minimum atomic E-state index is -0.885. The molecule has 0 saturated heterocycles. The monoisotopic (exact) mass is 372 g/mol. The first-order chi connectivity index (χ1) is 12.5. The van der Waals surface area contributed by atoms with Crippen molar-refractivity contribution in [1.29, 1.82) is 0 Å².